The summed E-state index contributed by atoms with van der Waals surface area (Å²) < 4.78 is 0. The van der Waals surface area contributed by atoms with Crippen LogP contribution in [0.4, 0.5) is 0 Å². The molecule has 0 atom stereocenters. The summed E-state index contributed by atoms with van der Waals surface area (Å²) in [5.74, 6) is -0.309. The Morgan fingerprint density at radius 3 is 1.75 bits per heavy atom. The van der Waals surface area contributed by atoms with Gasteiger partial charge >= 0.3 is 0 Å². The van der Waals surface area contributed by atoms with Crippen LogP contribution in [0.5, 0.6) is 0 Å². The third kappa shape index (κ3) is 5.88. The number of hydroxylamine groups is 2. The second-order valence-electron chi connectivity index (χ2n) is 5.33. The van der Waals surface area contributed by atoms with Crippen molar-refractivity contribution in [1.29, 1.82) is 0 Å². The smallest absolute Gasteiger partial charge is 0.244 e. The third-order valence-electron chi connectivity index (χ3n) is 3.65. The zero-order valence-electron chi connectivity index (χ0n) is 12.5. The van der Waals surface area contributed by atoms with Gasteiger partial charge in [0.05, 0.1) is 13.2 Å². The summed E-state index contributed by atoms with van der Waals surface area (Å²) in [6.07, 6.45) is 5.73. The maximum absolute atomic E-state index is 11.9. The maximum atomic E-state index is 11.9. The Balaban J connectivity index is 2.56. The molecule has 0 aromatic carbocycles. The lowest BCUT2D eigenvalue weighted by Gasteiger charge is -2.36. The zero-order valence-corrected chi connectivity index (χ0v) is 12.5. The molecule has 2 N–H and O–H groups in total. The topological polar surface area (TPSA) is 76.7 Å². The van der Waals surface area contributed by atoms with E-state index in [0.717, 1.165) is 25.7 Å². The van der Waals surface area contributed by atoms with Crippen molar-refractivity contribution in [1.82, 2.24) is 11.0 Å². The van der Waals surface area contributed by atoms with Crippen LogP contribution in [0.25, 0.3) is 0 Å². The first-order valence-electron chi connectivity index (χ1n) is 7.43. The number of hydrogen-bond donors (Lipinski definition) is 2. The lowest BCUT2D eigenvalue weighted by atomic mass is 9.69. The molecule has 1 aliphatic rings. The number of nitrogens with one attached hydrogen (secondary N) is 2. The Morgan fingerprint density at radius 2 is 1.35 bits per heavy atom. The summed E-state index contributed by atoms with van der Waals surface area (Å²) in [5, 5.41) is 0. The van der Waals surface area contributed by atoms with E-state index in [1.165, 1.54) is 6.42 Å². The van der Waals surface area contributed by atoms with Crippen molar-refractivity contribution in [3.05, 3.63) is 0 Å². The van der Waals surface area contributed by atoms with Gasteiger partial charge in [0.1, 0.15) is 0 Å². The average Bonchev–Trinajstić information content (AvgIpc) is 2.43. The Kier molecular flexibility index (Phi) is 7.54. The quantitative estimate of drug-likeness (QED) is 0.668. The van der Waals surface area contributed by atoms with Gasteiger partial charge in [-0.1, -0.05) is 19.3 Å². The van der Waals surface area contributed by atoms with Crippen LogP contribution in [0.1, 0.15) is 58.8 Å². The molecular formula is C14H26N2O4. The molecule has 1 fully saturated rings. The maximum Gasteiger partial charge on any atom is 0.244 e. The van der Waals surface area contributed by atoms with Crippen LogP contribution in [0.3, 0.4) is 0 Å². The third-order valence-corrected chi connectivity index (χ3v) is 3.65. The van der Waals surface area contributed by atoms with Crippen LogP contribution in [-0.2, 0) is 19.3 Å². The molecule has 0 bridgehead atoms. The van der Waals surface area contributed by atoms with Crippen molar-refractivity contribution in [2.24, 2.45) is 5.41 Å². The molecule has 0 spiro atoms. The highest BCUT2D eigenvalue weighted by Crippen LogP contribution is 2.42. The summed E-state index contributed by atoms with van der Waals surface area (Å²) in [7, 11) is 0. The Labute approximate surface area is 120 Å². The molecule has 1 saturated carbocycles. The minimum atomic E-state index is -0.263. The van der Waals surface area contributed by atoms with Crippen LogP contribution < -0.4 is 11.0 Å². The van der Waals surface area contributed by atoms with Crippen LogP contribution in [-0.4, -0.2) is 25.0 Å². The fourth-order valence-corrected chi connectivity index (χ4v) is 2.78. The van der Waals surface area contributed by atoms with E-state index in [4.69, 9.17) is 9.68 Å². The summed E-state index contributed by atoms with van der Waals surface area (Å²) >= 11 is 0. The number of amides is 2. The molecule has 20 heavy (non-hydrogen) atoms. The van der Waals surface area contributed by atoms with Crippen molar-refractivity contribution in [2.75, 3.05) is 13.2 Å². The van der Waals surface area contributed by atoms with E-state index in [0.29, 0.717) is 26.1 Å². The fraction of sp³-hybridized carbons (Fsp3) is 0.857. The second kappa shape index (κ2) is 8.92. The van der Waals surface area contributed by atoms with Crippen LogP contribution in [0.2, 0.25) is 0 Å². The van der Waals surface area contributed by atoms with Crippen molar-refractivity contribution in [3.63, 3.8) is 0 Å². The summed E-state index contributed by atoms with van der Waals surface area (Å²) in [6, 6.07) is 0. The largest absolute Gasteiger partial charge is 0.274 e. The summed E-state index contributed by atoms with van der Waals surface area (Å²) in [6.45, 7) is 4.49. The van der Waals surface area contributed by atoms with E-state index in [9.17, 15) is 9.59 Å². The molecule has 6 nitrogen and oxygen atoms in total. The first-order valence-corrected chi connectivity index (χ1v) is 7.43. The highest BCUT2D eigenvalue weighted by atomic mass is 16.7. The van der Waals surface area contributed by atoms with Gasteiger partial charge in [0.2, 0.25) is 11.8 Å². The molecule has 0 aromatic heterocycles. The zero-order chi connectivity index (χ0) is 14.8. The van der Waals surface area contributed by atoms with Gasteiger partial charge in [-0.25, -0.2) is 11.0 Å². The Morgan fingerprint density at radius 1 is 0.900 bits per heavy atom. The highest BCUT2D eigenvalue weighted by molar-refractivity contribution is 5.79. The number of carbonyl (C=O) groups excluding carboxylic acids is 2. The summed E-state index contributed by atoms with van der Waals surface area (Å²) in [5.41, 5.74) is 4.57. The molecule has 2 amide bonds. The predicted octanol–water partition coefficient (Wildman–Crippen LogP) is 1.85. The first kappa shape index (κ1) is 16.9. The lowest BCUT2D eigenvalue weighted by Crippen LogP contribution is -2.38. The molecule has 1 rings (SSSR count). The number of carbonyl (C=O) groups is 2. The minimum Gasteiger partial charge on any atom is -0.274 e. The summed E-state index contributed by atoms with van der Waals surface area (Å²) in [4.78, 5) is 33.6. The van der Waals surface area contributed by atoms with Crippen LogP contribution in [0, 0.1) is 5.41 Å². The van der Waals surface area contributed by atoms with Crippen molar-refractivity contribution >= 4 is 11.8 Å². The number of rotatable bonds is 8. The molecule has 0 unspecified atom stereocenters. The standard InChI is InChI=1S/C14H26N2O4/c1-3-19-15-12(17)10-14(8-6-5-7-9-14)11-13(18)16-20-4-2/h3-11H2,1-2H3,(H,15,17)(H,16,18). The highest BCUT2D eigenvalue weighted by Gasteiger charge is 2.36. The molecule has 0 heterocycles. The van der Waals surface area contributed by atoms with E-state index in [-0.39, 0.29) is 17.2 Å². The molecule has 0 saturated heterocycles. The van der Waals surface area contributed by atoms with E-state index in [1.54, 1.807) is 0 Å². The van der Waals surface area contributed by atoms with Crippen LogP contribution in [0.15, 0.2) is 0 Å². The molecule has 1 aliphatic carbocycles. The van der Waals surface area contributed by atoms with Gasteiger partial charge in [0.25, 0.3) is 0 Å². The van der Waals surface area contributed by atoms with Gasteiger partial charge in [-0.05, 0) is 32.1 Å². The molecule has 0 aromatic rings. The van der Waals surface area contributed by atoms with E-state index in [2.05, 4.69) is 11.0 Å². The normalized spacial score (nSPS) is 17.5. The SMILES string of the molecule is CCONC(=O)CC1(CC(=O)NOCC)CCCCC1. The van der Waals surface area contributed by atoms with E-state index in [1.807, 2.05) is 13.8 Å². The Hall–Kier alpha value is -1.14. The second-order valence-corrected chi connectivity index (χ2v) is 5.33. The molecular weight excluding hydrogens is 260 g/mol. The van der Waals surface area contributed by atoms with E-state index >= 15 is 0 Å². The Bertz CT molecular complexity index is 290. The first-order chi connectivity index (χ1) is 9.62. The van der Waals surface area contributed by atoms with Gasteiger partial charge in [0.15, 0.2) is 0 Å². The van der Waals surface area contributed by atoms with Gasteiger partial charge in [-0.15, -0.1) is 0 Å². The molecule has 116 valence electrons. The van der Waals surface area contributed by atoms with Gasteiger partial charge in [-0.2, -0.15) is 0 Å². The average molecular weight is 286 g/mol. The minimum absolute atomic E-state index is 0.155. The van der Waals surface area contributed by atoms with Gasteiger partial charge in [-0.3, -0.25) is 19.3 Å². The fourth-order valence-electron chi connectivity index (χ4n) is 2.78. The van der Waals surface area contributed by atoms with E-state index < -0.39 is 0 Å². The van der Waals surface area contributed by atoms with Gasteiger partial charge in [0, 0.05) is 12.8 Å². The monoisotopic (exact) mass is 286 g/mol. The lowest BCUT2D eigenvalue weighted by molar-refractivity contribution is -0.140. The van der Waals surface area contributed by atoms with Gasteiger partial charge < -0.3 is 0 Å². The number of hydrogen-bond acceptors (Lipinski definition) is 4. The molecule has 0 radical (unpaired) electrons. The molecule has 0 aliphatic heterocycles. The molecule has 6 heteroatoms. The predicted molar refractivity (Wildman–Crippen MR) is 74.3 cm³/mol. The van der Waals surface area contributed by atoms with Crippen molar-refractivity contribution in [2.45, 2.75) is 58.8 Å². The van der Waals surface area contributed by atoms with Crippen molar-refractivity contribution < 1.29 is 19.3 Å². The van der Waals surface area contributed by atoms with Crippen LogP contribution >= 0.6 is 0 Å². The van der Waals surface area contributed by atoms with Crippen molar-refractivity contribution in [3.8, 4) is 0 Å².